The fraction of sp³-hybridized carbons (Fsp3) is 0.160. The van der Waals surface area contributed by atoms with Crippen LogP contribution in [0.25, 0.3) is 55.6 Å². The van der Waals surface area contributed by atoms with Crippen LogP contribution in [0.4, 0.5) is 28.4 Å². The van der Waals surface area contributed by atoms with Gasteiger partial charge in [0.2, 0.25) is 0 Å². The molecule has 0 radical (unpaired) electrons. The van der Waals surface area contributed by atoms with Crippen LogP contribution in [0.5, 0.6) is 0 Å². The van der Waals surface area contributed by atoms with E-state index in [0.717, 1.165) is 51.5 Å². The Kier molecular flexibility index (Phi) is 23.0. The average Bonchev–Trinajstić information content (AvgIpc) is 1.60. The highest BCUT2D eigenvalue weighted by Crippen LogP contribution is 2.54. The molecule has 0 bridgehead atoms. The number of rotatable bonds is 5. The molecule has 9 heteroatoms. The Balaban J connectivity index is 0.000000112. The van der Waals surface area contributed by atoms with Crippen molar-refractivity contribution in [3.05, 3.63) is 400 Å². The smallest absolute Gasteiger partial charge is 0.0465 e. The zero-order chi connectivity index (χ0) is 76.8. The highest BCUT2D eigenvalue weighted by Gasteiger charge is 2.39. The van der Waals surface area contributed by atoms with Crippen molar-refractivity contribution in [2.75, 3.05) is 10.2 Å². The lowest BCUT2D eigenvalue weighted by Crippen LogP contribution is -2.16. The highest BCUT2D eigenvalue weighted by molar-refractivity contribution is 14.1. The Morgan fingerprint density at radius 2 is 0.550 bits per heavy atom. The van der Waals surface area contributed by atoms with E-state index in [1.807, 2.05) is 48.5 Å². The van der Waals surface area contributed by atoms with Crippen LogP contribution in [-0.2, 0) is 28.1 Å². The fourth-order valence-corrected chi connectivity index (χ4v) is 18.6. The van der Waals surface area contributed by atoms with Crippen molar-refractivity contribution in [2.24, 2.45) is 0 Å². The summed E-state index contributed by atoms with van der Waals surface area (Å²) in [7, 11) is 0. The molecule has 14 aromatic rings. The molecule has 0 saturated heterocycles. The molecule has 1 N–H and O–H groups in total. The van der Waals surface area contributed by atoms with Crippen molar-refractivity contribution in [1.29, 1.82) is 0 Å². The van der Waals surface area contributed by atoms with E-state index in [1.54, 1.807) is 0 Å². The summed E-state index contributed by atoms with van der Waals surface area (Å²) in [5.41, 5.74) is 38.2. The topological polar surface area (TPSA) is 15.3 Å². The van der Waals surface area contributed by atoms with Crippen molar-refractivity contribution < 1.29 is 0 Å². The third-order valence-electron chi connectivity index (χ3n) is 22.1. The first-order valence-electron chi connectivity index (χ1n) is 36.9. The van der Waals surface area contributed by atoms with Gasteiger partial charge in [0.1, 0.15) is 0 Å². The Hall–Kier alpha value is -7.71. The second-order valence-corrected chi connectivity index (χ2v) is 37.7. The summed E-state index contributed by atoms with van der Waals surface area (Å²) in [5, 5.41) is 3.32. The van der Waals surface area contributed by atoms with E-state index in [4.69, 9.17) is 0 Å². The van der Waals surface area contributed by atoms with Crippen LogP contribution < -0.4 is 10.2 Å². The number of anilines is 5. The maximum absolute atomic E-state index is 3.57. The molecule has 0 spiro atoms. The summed E-state index contributed by atoms with van der Waals surface area (Å²) in [6.07, 6.45) is 1.07. The molecular weight excluding hydrogens is 1840 g/mol. The molecule has 544 valence electrons. The van der Waals surface area contributed by atoms with E-state index in [0.29, 0.717) is 0 Å². The maximum Gasteiger partial charge on any atom is 0.0465 e. The molecule has 19 rings (SSSR count). The van der Waals surface area contributed by atoms with E-state index in [1.165, 1.54) is 142 Å². The molecule has 2 nitrogen and oxygen atoms in total. The summed E-state index contributed by atoms with van der Waals surface area (Å²) in [5.74, 6) is 0. The van der Waals surface area contributed by atoms with Gasteiger partial charge in [-0.25, -0.2) is 0 Å². The van der Waals surface area contributed by atoms with Gasteiger partial charge in [-0.05, 0) is 307 Å². The van der Waals surface area contributed by atoms with Gasteiger partial charge in [-0.3, -0.25) is 0 Å². The molecular formula is C100H85Br6IN2. The maximum atomic E-state index is 3.57. The SMILES string of the molecule is Brc1ccc(Nc2ccc(Br)cc2)cc1.Brc1ccc2c(c1)Cc1ccccc1-2.CC1(C)c2ccccc2-c2ccc(Br)cc21.Cc1ccc2c(c1)C(C)(C)c1cc(I)ccc1-2.Cc1ccc2c(c1)C(C)(C)c1cc(N(c3ccc(Br)cc3)c3ccc(Br)cc3)ccc1-2.Cc1ccc2c(c1)C(C)(C)c1ccccc1-2. The predicted octanol–water partition coefficient (Wildman–Crippen LogP) is 32.2. The first-order valence-corrected chi connectivity index (χ1v) is 42.7. The molecule has 0 atom stereocenters. The van der Waals surface area contributed by atoms with E-state index >= 15 is 0 Å². The molecule has 14 aromatic carbocycles. The monoisotopic (exact) mass is 1910 g/mol. The van der Waals surface area contributed by atoms with Crippen molar-refractivity contribution in [1.82, 2.24) is 0 Å². The Bertz CT molecular complexity index is 5490. The number of halogens is 7. The average molecular weight is 1920 g/mol. The number of benzene rings is 14. The van der Waals surface area contributed by atoms with Gasteiger partial charge in [-0.1, -0.05) is 319 Å². The highest BCUT2D eigenvalue weighted by atomic mass is 127. The first kappa shape index (κ1) is 78.0. The summed E-state index contributed by atoms with van der Waals surface area (Å²) in [6.45, 7) is 25.1. The zero-order valence-electron chi connectivity index (χ0n) is 63.1. The molecule has 5 aliphatic carbocycles. The minimum atomic E-state index is -0.0300. The van der Waals surface area contributed by atoms with Crippen molar-refractivity contribution in [2.45, 2.75) is 104 Å². The van der Waals surface area contributed by atoms with Crippen LogP contribution in [0.15, 0.2) is 324 Å². The van der Waals surface area contributed by atoms with E-state index in [-0.39, 0.29) is 21.7 Å². The Morgan fingerprint density at radius 3 is 1.00 bits per heavy atom. The predicted molar refractivity (Wildman–Crippen MR) is 495 cm³/mol. The van der Waals surface area contributed by atoms with Gasteiger partial charge in [0.05, 0.1) is 0 Å². The van der Waals surface area contributed by atoms with E-state index in [2.05, 4.69) is 453 Å². The van der Waals surface area contributed by atoms with Gasteiger partial charge >= 0.3 is 0 Å². The van der Waals surface area contributed by atoms with Gasteiger partial charge in [0.25, 0.3) is 0 Å². The molecule has 109 heavy (non-hydrogen) atoms. The number of hydrogen-bond acceptors (Lipinski definition) is 2. The molecule has 0 fully saturated rings. The van der Waals surface area contributed by atoms with Gasteiger partial charge in [-0.15, -0.1) is 0 Å². The second kappa shape index (κ2) is 32.2. The van der Waals surface area contributed by atoms with Gasteiger partial charge in [0.15, 0.2) is 0 Å². The number of aryl methyl sites for hydroxylation is 3. The Morgan fingerprint density at radius 1 is 0.257 bits per heavy atom. The lowest BCUT2D eigenvalue weighted by atomic mass is 9.82. The summed E-state index contributed by atoms with van der Waals surface area (Å²) in [6, 6.07) is 107. The second-order valence-electron chi connectivity index (χ2n) is 30.9. The number of hydrogen-bond donors (Lipinski definition) is 1. The quantitative estimate of drug-likeness (QED) is 0.173. The van der Waals surface area contributed by atoms with Gasteiger partial charge in [0, 0.05) is 80.5 Å². The van der Waals surface area contributed by atoms with Gasteiger partial charge in [-0.2, -0.15) is 0 Å². The number of nitrogens with one attached hydrogen (secondary N) is 1. The summed E-state index contributed by atoms with van der Waals surface area (Å²) >= 11 is 23.4. The van der Waals surface area contributed by atoms with Crippen molar-refractivity contribution in [3.63, 3.8) is 0 Å². The van der Waals surface area contributed by atoms with Crippen molar-refractivity contribution >= 4 is 147 Å². The molecule has 5 aliphatic rings. The minimum Gasteiger partial charge on any atom is -0.356 e. The van der Waals surface area contributed by atoms with Crippen LogP contribution in [-0.4, -0.2) is 0 Å². The Labute approximate surface area is 709 Å². The number of fused-ring (bicyclic) bond motifs is 15. The lowest BCUT2D eigenvalue weighted by Gasteiger charge is -2.28. The largest absolute Gasteiger partial charge is 0.356 e. The molecule has 0 unspecified atom stereocenters. The third kappa shape index (κ3) is 16.2. The fourth-order valence-electron chi connectivity index (χ4n) is 16.3. The summed E-state index contributed by atoms with van der Waals surface area (Å²) in [4.78, 5) is 2.32. The third-order valence-corrected chi connectivity index (χ3v) is 25.8. The van der Waals surface area contributed by atoms with Gasteiger partial charge < -0.3 is 10.2 Å². The van der Waals surface area contributed by atoms with Crippen molar-refractivity contribution in [3.8, 4) is 55.6 Å². The molecule has 0 aromatic heterocycles. The molecule has 0 aliphatic heterocycles. The standard InChI is InChI=1S/C28H23Br2N.C16H15I.C16H16.C15H13Br.C13H9Br.C12H9Br2N/c1-18-4-14-24-25-15-13-23(17-27(25)28(2,3)26(24)16-18)31(21-9-5-19(29)6-10-21)22-11-7-20(30)8-12-22;1-10-4-6-12-13-7-5-11(17)9-15(13)16(2,3)14(12)8-10;1-11-8-9-13-12-6-4-5-7-14(12)16(2,3)15(13)10-11;1-15(2)13-6-4-3-5-11(13)12-8-7-10(16)9-14(12)15;14-11-5-6-13-10(8-11)7-9-3-1-2-4-12(9)13;13-9-1-5-11(6-2-9)15-12-7-3-10(14)4-8-12/h4-17H,1-3H3;4-9H,1-3H3;4-10H,1-3H3;3-9H,1-2H3;1-6,8H,7H2;1-8,15H. The van der Waals surface area contributed by atoms with Crippen LogP contribution in [0.3, 0.4) is 0 Å². The zero-order valence-corrected chi connectivity index (χ0v) is 74.8. The molecule has 0 amide bonds. The van der Waals surface area contributed by atoms with Crippen LogP contribution in [0.1, 0.15) is 128 Å². The molecule has 0 saturated carbocycles. The number of nitrogens with zero attached hydrogens (tertiary/aromatic N) is 1. The first-order chi connectivity index (χ1) is 52.1. The molecule has 0 heterocycles. The normalized spacial score (nSPS) is 13.9. The van der Waals surface area contributed by atoms with E-state index < -0.39 is 0 Å². The van der Waals surface area contributed by atoms with Crippen LogP contribution in [0, 0.1) is 24.3 Å². The van der Waals surface area contributed by atoms with Crippen LogP contribution >= 0.6 is 118 Å². The summed E-state index contributed by atoms with van der Waals surface area (Å²) < 4.78 is 7.98. The minimum absolute atomic E-state index is 0.0300. The lowest BCUT2D eigenvalue weighted by molar-refractivity contribution is 0.659. The van der Waals surface area contributed by atoms with E-state index in [9.17, 15) is 0 Å². The van der Waals surface area contributed by atoms with Crippen LogP contribution in [0.2, 0.25) is 0 Å².